The molecular weight excluding hydrogens is 226 g/mol. The summed E-state index contributed by atoms with van der Waals surface area (Å²) in [7, 11) is 0. The lowest BCUT2D eigenvalue weighted by Crippen LogP contribution is -2.52. The average Bonchev–Trinajstić information content (AvgIpc) is 2.64. The molecule has 0 bridgehead atoms. The quantitative estimate of drug-likeness (QED) is 0.863. The molecule has 1 N–H and O–H groups in total. The fourth-order valence-electron chi connectivity index (χ4n) is 2.80. The van der Waals surface area contributed by atoms with E-state index in [0.717, 1.165) is 37.4 Å². The van der Waals surface area contributed by atoms with E-state index < -0.39 is 0 Å². The van der Waals surface area contributed by atoms with Crippen molar-refractivity contribution >= 4 is 5.91 Å². The summed E-state index contributed by atoms with van der Waals surface area (Å²) < 4.78 is 2.19. The number of carbonyl (C=O) groups is 1. The molecule has 0 spiro atoms. The van der Waals surface area contributed by atoms with Gasteiger partial charge >= 0.3 is 0 Å². The zero-order valence-corrected chi connectivity index (χ0v) is 11.8. The molecule has 2 rings (SSSR count). The van der Waals surface area contributed by atoms with E-state index in [1.807, 2.05) is 17.9 Å². The lowest BCUT2D eigenvalue weighted by atomic mass is 10.1. The van der Waals surface area contributed by atoms with Crippen LogP contribution in [0.4, 0.5) is 0 Å². The third kappa shape index (κ3) is 2.17. The van der Waals surface area contributed by atoms with Gasteiger partial charge in [-0.3, -0.25) is 4.79 Å². The van der Waals surface area contributed by atoms with Gasteiger partial charge in [0.25, 0.3) is 5.91 Å². The normalized spacial score (nSPS) is 20.2. The summed E-state index contributed by atoms with van der Waals surface area (Å²) in [6.45, 7) is 11.8. The van der Waals surface area contributed by atoms with Gasteiger partial charge in [0.1, 0.15) is 0 Å². The number of piperazine rings is 1. The first kappa shape index (κ1) is 13.1. The molecule has 4 heteroatoms. The Kier molecular flexibility index (Phi) is 3.76. The maximum absolute atomic E-state index is 12.6. The van der Waals surface area contributed by atoms with Gasteiger partial charge in [-0.25, -0.2) is 0 Å². The SMILES string of the molecule is CCn1c(C)cc(C(=O)N2CCNCC2C)c1C. The minimum Gasteiger partial charge on any atom is -0.349 e. The number of aryl methyl sites for hydroxylation is 1. The van der Waals surface area contributed by atoms with Crippen LogP contribution in [0.2, 0.25) is 0 Å². The average molecular weight is 249 g/mol. The number of nitrogens with zero attached hydrogens (tertiary/aromatic N) is 2. The second-order valence-electron chi connectivity index (χ2n) is 5.08. The number of carbonyl (C=O) groups excluding carboxylic acids is 1. The van der Waals surface area contributed by atoms with Gasteiger partial charge in [0.2, 0.25) is 0 Å². The molecule has 0 saturated carbocycles. The van der Waals surface area contributed by atoms with Gasteiger partial charge in [0, 0.05) is 43.6 Å². The second-order valence-corrected chi connectivity index (χ2v) is 5.08. The number of nitrogens with one attached hydrogen (secondary N) is 1. The number of amides is 1. The van der Waals surface area contributed by atoms with E-state index in [4.69, 9.17) is 0 Å². The van der Waals surface area contributed by atoms with Crippen LogP contribution in [0.5, 0.6) is 0 Å². The predicted octanol–water partition coefficient (Wildman–Crippen LogP) is 1.56. The zero-order valence-electron chi connectivity index (χ0n) is 11.8. The highest BCUT2D eigenvalue weighted by Gasteiger charge is 2.26. The topological polar surface area (TPSA) is 37.3 Å². The van der Waals surface area contributed by atoms with E-state index in [0.29, 0.717) is 0 Å². The van der Waals surface area contributed by atoms with Crippen molar-refractivity contribution in [2.75, 3.05) is 19.6 Å². The van der Waals surface area contributed by atoms with Crippen molar-refractivity contribution in [3.63, 3.8) is 0 Å². The summed E-state index contributed by atoms with van der Waals surface area (Å²) in [6.07, 6.45) is 0. The Bertz CT molecular complexity index is 450. The number of rotatable bonds is 2. The van der Waals surface area contributed by atoms with Crippen molar-refractivity contribution in [3.05, 3.63) is 23.0 Å². The van der Waals surface area contributed by atoms with E-state index >= 15 is 0 Å². The Morgan fingerprint density at radius 3 is 2.78 bits per heavy atom. The fraction of sp³-hybridized carbons (Fsp3) is 0.643. The molecule has 0 aliphatic carbocycles. The van der Waals surface area contributed by atoms with E-state index in [1.165, 1.54) is 5.69 Å². The molecule has 100 valence electrons. The van der Waals surface area contributed by atoms with Crippen LogP contribution >= 0.6 is 0 Å². The van der Waals surface area contributed by atoms with Crippen LogP contribution in [-0.4, -0.2) is 41.1 Å². The molecule has 1 unspecified atom stereocenters. The maximum Gasteiger partial charge on any atom is 0.256 e. The van der Waals surface area contributed by atoms with Crippen LogP contribution in [0.1, 0.15) is 35.6 Å². The first-order valence-electron chi connectivity index (χ1n) is 6.74. The third-order valence-electron chi connectivity index (χ3n) is 3.88. The molecule has 1 amide bonds. The van der Waals surface area contributed by atoms with Gasteiger partial charge in [-0.05, 0) is 33.8 Å². The molecular formula is C14H23N3O. The monoisotopic (exact) mass is 249 g/mol. The van der Waals surface area contributed by atoms with Crippen molar-refractivity contribution in [2.24, 2.45) is 0 Å². The van der Waals surface area contributed by atoms with Crippen LogP contribution in [0.3, 0.4) is 0 Å². The summed E-state index contributed by atoms with van der Waals surface area (Å²) in [5.74, 6) is 0.178. The van der Waals surface area contributed by atoms with E-state index in [-0.39, 0.29) is 11.9 Å². The molecule has 0 aromatic carbocycles. The highest BCUT2D eigenvalue weighted by atomic mass is 16.2. The van der Waals surface area contributed by atoms with Gasteiger partial charge in [-0.1, -0.05) is 0 Å². The summed E-state index contributed by atoms with van der Waals surface area (Å²) in [6, 6.07) is 2.30. The van der Waals surface area contributed by atoms with Gasteiger partial charge < -0.3 is 14.8 Å². The van der Waals surface area contributed by atoms with Crippen molar-refractivity contribution in [2.45, 2.75) is 40.3 Å². The molecule has 1 saturated heterocycles. The zero-order chi connectivity index (χ0) is 13.3. The molecule has 1 aromatic heterocycles. The molecule has 4 nitrogen and oxygen atoms in total. The largest absolute Gasteiger partial charge is 0.349 e. The second kappa shape index (κ2) is 5.14. The summed E-state index contributed by atoms with van der Waals surface area (Å²) >= 11 is 0. The van der Waals surface area contributed by atoms with Crippen LogP contribution in [0, 0.1) is 13.8 Å². The summed E-state index contributed by atoms with van der Waals surface area (Å²) in [4.78, 5) is 14.6. The van der Waals surface area contributed by atoms with E-state index in [9.17, 15) is 4.79 Å². The minimum absolute atomic E-state index is 0.178. The molecule has 1 fully saturated rings. The third-order valence-corrected chi connectivity index (χ3v) is 3.88. The summed E-state index contributed by atoms with van der Waals surface area (Å²) in [5, 5.41) is 3.31. The van der Waals surface area contributed by atoms with Gasteiger partial charge in [0.05, 0.1) is 5.56 Å². The van der Waals surface area contributed by atoms with E-state index in [1.54, 1.807) is 0 Å². The lowest BCUT2D eigenvalue weighted by Gasteiger charge is -2.34. The van der Waals surface area contributed by atoms with Crippen molar-refractivity contribution in [1.29, 1.82) is 0 Å². The van der Waals surface area contributed by atoms with Crippen LogP contribution < -0.4 is 5.32 Å². The van der Waals surface area contributed by atoms with Crippen molar-refractivity contribution in [1.82, 2.24) is 14.8 Å². The highest BCUT2D eigenvalue weighted by Crippen LogP contribution is 2.18. The Morgan fingerprint density at radius 1 is 1.50 bits per heavy atom. The number of hydrogen-bond donors (Lipinski definition) is 1. The van der Waals surface area contributed by atoms with Crippen LogP contribution in [0.15, 0.2) is 6.07 Å². The molecule has 1 aliphatic heterocycles. The Hall–Kier alpha value is -1.29. The van der Waals surface area contributed by atoms with Gasteiger partial charge in [0.15, 0.2) is 0 Å². The molecule has 1 aliphatic rings. The molecule has 18 heavy (non-hydrogen) atoms. The molecule has 0 radical (unpaired) electrons. The number of aromatic nitrogens is 1. The summed E-state index contributed by atoms with van der Waals surface area (Å²) in [5.41, 5.74) is 3.12. The predicted molar refractivity (Wildman–Crippen MR) is 72.9 cm³/mol. The minimum atomic E-state index is 0.178. The van der Waals surface area contributed by atoms with Crippen molar-refractivity contribution < 1.29 is 4.79 Å². The Balaban J connectivity index is 2.28. The first-order chi connectivity index (χ1) is 8.56. The standard InChI is InChI=1S/C14H23N3O/c1-5-16-10(2)8-13(12(16)4)14(18)17-7-6-15-9-11(17)3/h8,11,15H,5-7,9H2,1-4H3. The highest BCUT2D eigenvalue weighted by molar-refractivity contribution is 5.96. The lowest BCUT2D eigenvalue weighted by molar-refractivity contribution is 0.0655. The first-order valence-corrected chi connectivity index (χ1v) is 6.74. The van der Waals surface area contributed by atoms with Crippen LogP contribution in [-0.2, 0) is 6.54 Å². The Morgan fingerprint density at radius 2 is 2.22 bits per heavy atom. The number of hydrogen-bond acceptors (Lipinski definition) is 2. The Labute approximate surface area is 109 Å². The molecule has 1 atom stereocenters. The van der Waals surface area contributed by atoms with Gasteiger partial charge in [-0.2, -0.15) is 0 Å². The smallest absolute Gasteiger partial charge is 0.256 e. The molecule has 2 heterocycles. The van der Waals surface area contributed by atoms with Gasteiger partial charge in [-0.15, -0.1) is 0 Å². The van der Waals surface area contributed by atoms with Crippen LogP contribution in [0.25, 0.3) is 0 Å². The molecule has 1 aromatic rings. The van der Waals surface area contributed by atoms with Crippen molar-refractivity contribution in [3.8, 4) is 0 Å². The fourth-order valence-corrected chi connectivity index (χ4v) is 2.80. The maximum atomic E-state index is 12.6. The van der Waals surface area contributed by atoms with E-state index in [2.05, 4.69) is 30.7 Å².